The number of hydrogen-bond acceptors (Lipinski definition) is 5. The van der Waals surface area contributed by atoms with Gasteiger partial charge < -0.3 is 10.7 Å². The average Bonchev–Trinajstić information content (AvgIpc) is 2.62. The summed E-state index contributed by atoms with van der Waals surface area (Å²) in [5.41, 5.74) is 6.29. The van der Waals surface area contributed by atoms with Gasteiger partial charge in [-0.2, -0.15) is 4.31 Å². The van der Waals surface area contributed by atoms with Crippen molar-refractivity contribution in [2.45, 2.75) is 30.5 Å². The number of aromatic amines is 1. The highest BCUT2D eigenvalue weighted by molar-refractivity contribution is 7.91. The van der Waals surface area contributed by atoms with E-state index in [0.717, 1.165) is 11.3 Å². The Balaban J connectivity index is 2.32. The molecule has 2 heterocycles. The minimum absolute atomic E-state index is 0.0440. The van der Waals surface area contributed by atoms with E-state index in [1.54, 1.807) is 6.92 Å². The normalized spacial score (nSPS) is 26.4. The number of rotatable bonds is 2. The molecular weight excluding hydrogens is 274 g/mol. The van der Waals surface area contributed by atoms with E-state index < -0.39 is 10.0 Å². The standard InChI is InChI=1S/C10H17N3O3S2/c1-6-5-13(4-3-8(6)11)18(15,16)9-7(2)12-10(14)17-9/h6,8H,3-5,11H2,1-2H3,(H,12,14). The molecule has 6 nitrogen and oxygen atoms in total. The number of nitrogens with one attached hydrogen (secondary N) is 1. The molecule has 0 bridgehead atoms. The van der Waals surface area contributed by atoms with E-state index in [1.807, 2.05) is 6.92 Å². The second-order valence-corrected chi connectivity index (χ2v) is 7.84. The molecule has 2 rings (SSSR count). The third-order valence-corrected chi connectivity index (χ3v) is 6.74. The number of H-pyrrole nitrogens is 1. The van der Waals surface area contributed by atoms with Gasteiger partial charge in [-0.1, -0.05) is 18.3 Å². The van der Waals surface area contributed by atoms with Crippen LogP contribution < -0.4 is 10.6 Å². The first-order valence-corrected chi connectivity index (χ1v) is 8.03. The number of nitrogens with zero attached hydrogens (tertiary/aromatic N) is 1. The largest absolute Gasteiger partial charge is 0.327 e. The van der Waals surface area contributed by atoms with Crippen molar-refractivity contribution in [2.75, 3.05) is 13.1 Å². The molecule has 3 N–H and O–H groups in total. The maximum atomic E-state index is 12.4. The van der Waals surface area contributed by atoms with Crippen molar-refractivity contribution in [2.24, 2.45) is 11.7 Å². The molecule has 0 radical (unpaired) electrons. The first-order chi connectivity index (χ1) is 8.32. The van der Waals surface area contributed by atoms with Gasteiger partial charge in [-0.15, -0.1) is 0 Å². The Morgan fingerprint density at radius 1 is 1.50 bits per heavy atom. The van der Waals surface area contributed by atoms with Crippen molar-refractivity contribution in [3.05, 3.63) is 15.4 Å². The van der Waals surface area contributed by atoms with Gasteiger partial charge in [-0.25, -0.2) is 8.42 Å². The minimum Gasteiger partial charge on any atom is -0.327 e. The van der Waals surface area contributed by atoms with Gasteiger partial charge in [0.2, 0.25) is 0 Å². The zero-order chi connectivity index (χ0) is 13.5. The molecular formula is C10H17N3O3S2. The van der Waals surface area contributed by atoms with Crippen molar-refractivity contribution >= 4 is 21.4 Å². The van der Waals surface area contributed by atoms with E-state index >= 15 is 0 Å². The molecule has 0 aromatic carbocycles. The third kappa shape index (κ3) is 2.37. The minimum atomic E-state index is -3.56. The molecule has 18 heavy (non-hydrogen) atoms. The Bertz CT molecular complexity index is 590. The number of piperidine rings is 1. The summed E-state index contributed by atoms with van der Waals surface area (Å²) in [5, 5.41) is 0. The number of aryl methyl sites for hydroxylation is 1. The predicted molar refractivity (Wildman–Crippen MR) is 70.2 cm³/mol. The molecule has 0 saturated carbocycles. The van der Waals surface area contributed by atoms with Gasteiger partial charge in [0.25, 0.3) is 10.0 Å². The molecule has 8 heteroatoms. The number of nitrogens with two attached hydrogens (primary N) is 1. The smallest absolute Gasteiger partial charge is 0.305 e. The quantitative estimate of drug-likeness (QED) is 0.808. The van der Waals surface area contributed by atoms with E-state index in [9.17, 15) is 13.2 Å². The summed E-state index contributed by atoms with van der Waals surface area (Å²) in [4.78, 5) is 13.4. The highest BCUT2D eigenvalue weighted by Crippen LogP contribution is 2.25. The third-order valence-electron chi connectivity index (χ3n) is 3.29. The lowest BCUT2D eigenvalue weighted by Crippen LogP contribution is -2.48. The Morgan fingerprint density at radius 2 is 2.17 bits per heavy atom. The van der Waals surface area contributed by atoms with Crippen LogP contribution in [-0.4, -0.2) is 36.8 Å². The van der Waals surface area contributed by atoms with Crippen LogP contribution in [0, 0.1) is 12.8 Å². The fourth-order valence-electron chi connectivity index (χ4n) is 2.10. The number of sulfonamides is 1. The van der Waals surface area contributed by atoms with E-state index in [2.05, 4.69) is 4.98 Å². The van der Waals surface area contributed by atoms with Crippen LogP contribution in [-0.2, 0) is 10.0 Å². The monoisotopic (exact) mass is 291 g/mol. The summed E-state index contributed by atoms with van der Waals surface area (Å²) >= 11 is 0.745. The SMILES string of the molecule is Cc1[nH]c(=O)sc1S(=O)(=O)N1CCC(N)C(C)C1. The van der Waals surface area contributed by atoms with E-state index in [-0.39, 0.29) is 21.0 Å². The number of aromatic nitrogens is 1. The zero-order valence-electron chi connectivity index (χ0n) is 10.3. The van der Waals surface area contributed by atoms with Gasteiger partial charge >= 0.3 is 4.87 Å². The van der Waals surface area contributed by atoms with Crippen molar-refractivity contribution in [3.63, 3.8) is 0 Å². The van der Waals surface area contributed by atoms with Gasteiger partial charge in [0.15, 0.2) is 4.21 Å². The van der Waals surface area contributed by atoms with Gasteiger partial charge in [0.1, 0.15) is 0 Å². The number of thiazole rings is 1. The van der Waals surface area contributed by atoms with Crippen molar-refractivity contribution in [1.29, 1.82) is 0 Å². The molecule has 1 saturated heterocycles. The van der Waals surface area contributed by atoms with Crippen LogP contribution >= 0.6 is 11.3 Å². The Labute approximate surface area is 110 Å². The maximum Gasteiger partial charge on any atom is 0.305 e. The summed E-state index contributed by atoms with van der Waals surface area (Å²) in [7, 11) is -3.56. The van der Waals surface area contributed by atoms with Crippen LogP contribution in [0.3, 0.4) is 0 Å². The van der Waals surface area contributed by atoms with Gasteiger partial charge in [0.05, 0.1) is 0 Å². The summed E-state index contributed by atoms with van der Waals surface area (Å²) < 4.78 is 26.4. The lowest BCUT2D eigenvalue weighted by atomic mass is 9.96. The molecule has 2 atom stereocenters. The predicted octanol–water partition coefficient (Wildman–Crippen LogP) is 0.103. The van der Waals surface area contributed by atoms with Crippen LogP contribution in [0.1, 0.15) is 19.0 Å². The van der Waals surface area contributed by atoms with Crippen LogP contribution in [0.15, 0.2) is 9.00 Å². The fourth-order valence-corrected chi connectivity index (χ4v) is 5.09. The van der Waals surface area contributed by atoms with Crippen LogP contribution in [0.2, 0.25) is 0 Å². The summed E-state index contributed by atoms with van der Waals surface area (Å²) in [5.74, 6) is 0.129. The summed E-state index contributed by atoms with van der Waals surface area (Å²) in [6.45, 7) is 4.37. The second kappa shape index (κ2) is 4.76. The molecule has 1 aliphatic rings. The van der Waals surface area contributed by atoms with E-state index in [4.69, 9.17) is 5.73 Å². The average molecular weight is 291 g/mol. The molecule has 2 unspecified atom stereocenters. The first kappa shape index (κ1) is 13.7. The highest BCUT2D eigenvalue weighted by Gasteiger charge is 2.34. The molecule has 1 aromatic heterocycles. The molecule has 0 aliphatic carbocycles. The Kier molecular flexibility index (Phi) is 3.63. The van der Waals surface area contributed by atoms with Crippen LogP contribution in [0.5, 0.6) is 0 Å². The molecule has 1 aromatic rings. The lowest BCUT2D eigenvalue weighted by Gasteiger charge is -2.33. The summed E-state index contributed by atoms with van der Waals surface area (Å²) in [6, 6.07) is 0.0440. The fraction of sp³-hybridized carbons (Fsp3) is 0.700. The number of hydrogen-bond donors (Lipinski definition) is 2. The Morgan fingerprint density at radius 3 is 2.67 bits per heavy atom. The van der Waals surface area contributed by atoms with Crippen molar-refractivity contribution in [1.82, 2.24) is 9.29 Å². The van der Waals surface area contributed by atoms with Crippen molar-refractivity contribution in [3.8, 4) is 0 Å². The summed E-state index contributed by atoms with van der Waals surface area (Å²) in [6.07, 6.45) is 0.652. The first-order valence-electron chi connectivity index (χ1n) is 5.78. The van der Waals surface area contributed by atoms with Gasteiger partial charge in [-0.05, 0) is 19.3 Å². The second-order valence-electron chi connectivity index (χ2n) is 4.72. The van der Waals surface area contributed by atoms with Crippen LogP contribution in [0.25, 0.3) is 0 Å². The van der Waals surface area contributed by atoms with E-state index in [0.29, 0.717) is 25.2 Å². The Hall–Kier alpha value is -0.700. The van der Waals surface area contributed by atoms with Crippen molar-refractivity contribution < 1.29 is 8.42 Å². The molecule has 0 amide bonds. The van der Waals surface area contributed by atoms with Gasteiger partial charge in [0, 0.05) is 24.8 Å². The van der Waals surface area contributed by atoms with Gasteiger partial charge in [-0.3, -0.25) is 4.79 Å². The zero-order valence-corrected chi connectivity index (χ0v) is 12.0. The molecule has 0 spiro atoms. The van der Waals surface area contributed by atoms with E-state index in [1.165, 1.54) is 4.31 Å². The topological polar surface area (TPSA) is 96.3 Å². The lowest BCUT2D eigenvalue weighted by molar-refractivity contribution is 0.250. The molecule has 1 fully saturated rings. The molecule has 102 valence electrons. The molecule has 1 aliphatic heterocycles. The highest BCUT2D eigenvalue weighted by atomic mass is 32.2. The maximum absolute atomic E-state index is 12.4. The van der Waals surface area contributed by atoms with Crippen LogP contribution in [0.4, 0.5) is 0 Å².